The lowest BCUT2D eigenvalue weighted by Gasteiger charge is -2.12. The molecule has 0 unspecified atom stereocenters. The van der Waals surface area contributed by atoms with Crippen LogP contribution in [0.15, 0.2) is 18.2 Å². The van der Waals surface area contributed by atoms with E-state index in [1.807, 2.05) is 12.1 Å². The first-order valence-corrected chi connectivity index (χ1v) is 7.06. The van der Waals surface area contributed by atoms with Crippen LogP contribution in [-0.2, 0) is 0 Å². The zero-order valence-corrected chi connectivity index (χ0v) is 13.1. The molecule has 2 rings (SSSR count). The number of nitriles is 2. The predicted molar refractivity (Wildman–Crippen MR) is 83.5 cm³/mol. The number of anilines is 1. The minimum Gasteiger partial charge on any atom is -0.462 e. The van der Waals surface area contributed by atoms with Gasteiger partial charge in [-0.2, -0.15) is 10.5 Å². The Bertz CT molecular complexity index is 802. The quantitative estimate of drug-likeness (QED) is 0.932. The molecule has 22 heavy (non-hydrogen) atoms. The number of pyridine rings is 1. The van der Waals surface area contributed by atoms with E-state index in [4.69, 9.17) is 33.7 Å². The maximum absolute atomic E-state index is 9.49. The minimum atomic E-state index is 0.0796. The standard InChI is InChI=1S/C15H10Cl2N4O/c1-2-22-15-9(7-19)12(8(6-18)14(20)21-15)13-10(16)4-3-5-11(13)17/h3-5H,2H2,1H3,(H2,20,21)/p+1. The van der Waals surface area contributed by atoms with E-state index in [0.29, 0.717) is 22.2 Å². The third-order valence-electron chi connectivity index (χ3n) is 2.97. The van der Waals surface area contributed by atoms with E-state index in [2.05, 4.69) is 4.98 Å². The molecule has 0 saturated heterocycles. The van der Waals surface area contributed by atoms with Gasteiger partial charge in [0.1, 0.15) is 17.7 Å². The van der Waals surface area contributed by atoms with Crippen molar-refractivity contribution in [3.8, 4) is 29.1 Å². The number of aromatic amines is 1. The highest BCUT2D eigenvalue weighted by molar-refractivity contribution is 6.39. The Morgan fingerprint density at radius 2 is 1.73 bits per heavy atom. The molecule has 1 aromatic carbocycles. The normalized spacial score (nSPS) is 9.86. The van der Waals surface area contributed by atoms with Crippen LogP contribution in [0, 0.1) is 22.7 Å². The molecule has 0 radical (unpaired) electrons. The molecule has 0 aliphatic heterocycles. The number of rotatable bonds is 3. The van der Waals surface area contributed by atoms with Crippen molar-refractivity contribution in [3.63, 3.8) is 0 Å². The van der Waals surface area contributed by atoms with Crippen LogP contribution < -0.4 is 15.5 Å². The summed E-state index contributed by atoms with van der Waals surface area (Å²) in [7, 11) is 0. The summed E-state index contributed by atoms with van der Waals surface area (Å²) in [6.45, 7) is 2.09. The summed E-state index contributed by atoms with van der Waals surface area (Å²) in [5.74, 6) is 0.253. The van der Waals surface area contributed by atoms with Crippen LogP contribution in [0.3, 0.4) is 0 Å². The Kier molecular flexibility index (Phi) is 4.72. The van der Waals surface area contributed by atoms with Crippen molar-refractivity contribution in [1.82, 2.24) is 0 Å². The minimum absolute atomic E-state index is 0.0796. The Balaban J connectivity index is 2.96. The molecular weight excluding hydrogens is 323 g/mol. The first-order chi connectivity index (χ1) is 10.5. The molecule has 110 valence electrons. The van der Waals surface area contributed by atoms with Crippen LogP contribution in [0.5, 0.6) is 5.88 Å². The average Bonchev–Trinajstić information content (AvgIpc) is 2.47. The van der Waals surface area contributed by atoms with Gasteiger partial charge in [-0.3, -0.25) is 5.73 Å². The van der Waals surface area contributed by atoms with Crippen LogP contribution in [-0.4, -0.2) is 6.61 Å². The summed E-state index contributed by atoms with van der Waals surface area (Å²) in [6.07, 6.45) is 0. The maximum atomic E-state index is 9.49. The van der Waals surface area contributed by atoms with E-state index >= 15 is 0 Å². The number of aromatic nitrogens is 1. The Morgan fingerprint density at radius 1 is 1.14 bits per heavy atom. The number of H-pyrrole nitrogens is 1. The summed E-state index contributed by atoms with van der Waals surface area (Å²) < 4.78 is 5.40. The molecule has 0 spiro atoms. The lowest BCUT2D eigenvalue weighted by atomic mass is 9.96. The van der Waals surface area contributed by atoms with Gasteiger partial charge >= 0.3 is 5.88 Å². The largest absolute Gasteiger partial charge is 0.462 e. The third-order valence-corrected chi connectivity index (χ3v) is 3.60. The maximum Gasteiger partial charge on any atom is 0.301 e. The van der Waals surface area contributed by atoms with E-state index in [9.17, 15) is 10.5 Å². The summed E-state index contributed by atoms with van der Waals surface area (Å²) in [5, 5.41) is 19.5. The number of nitrogen functional groups attached to an aromatic ring is 1. The molecule has 0 aliphatic carbocycles. The molecule has 3 N–H and O–H groups in total. The summed E-state index contributed by atoms with van der Waals surface area (Å²) in [4.78, 5) is 2.72. The molecule has 1 heterocycles. The number of nitrogens with two attached hydrogens (primary N) is 1. The summed E-state index contributed by atoms with van der Waals surface area (Å²) >= 11 is 12.4. The first kappa shape index (κ1) is 15.9. The average molecular weight is 334 g/mol. The second-order valence-corrected chi connectivity index (χ2v) is 5.06. The van der Waals surface area contributed by atoms with Crippen molar-refractivity contribution in [2.24, 2.45) is 0 Å². The lowest BCUT2D eigenvalue weighted by Crippen LogP contribution is -2.19. The zero-order valence-electron chi connectivity index (χ0n) is 11.6. The number of nitrogens with zero attached hydrogens (tertiary/aromatic N) is 2. The zero-order chi connectivity index (χ0) is 16.3. The van der Waals surface area contributed by atoms with Gasteiger partial charge in [0.15, 0.2) is 5.56 Å². The molecule has 2 aromatic rings. The van der Waals surface area contributed by atoms with Crippen LogP contribution in [0.4, 0.5) is 5.82 Å². The van der Waals surface area contributed by atoms with E-state index < -0.39 is 0 Å². The lowest BCUT2D eigenvalue weighted by molar-refractivity contribution is -0.377. The van der Waals surface area contributed by atoms with E-state index in [1.165, 1.54) is 0 Å². The van der Waals surface area contributed by atoms with Crippen molar-refractivity contribution in [2.75, 3.05) is 12.3 Å². The van der Waals surface area contributed by atoms with Gasteiger partial charge in [0.25, 0.3) is 5.82 Å². The fourth-order valence-corrected chi connectivity index (χ4v) is 2.67. The van der Waals surface area contributed by atoms with E-state index in [0.717, 1.165) is 0 Å². The Hall–Kier alpha value is -2.47. The number of hydrogen-bond donors (Lipinski definition) is 1. The van der Waals surface area contributed by atoms with Crippen LogP contribution in [0.2, 0.25) is 10.0 Å². The van der Waals surface area contributed by atoms with Crippen LogP contribution >= 0.6 is 23.2 Å². The van der Waals surface area contributed by atoms with Gasteiger partial charge < -0.3 is 4.74 Å². The second kappa shape index (κ2) is 6.53. The van der Waals surface area contributed by atoms with Gasteiger partial charge in [0.05, 0.1) is 6.61 Å². The molecule has 0 saturated carbocycles. The molecule has 0 amide bonds. The highest BCUT2D eigenvalue weighted by Gasteiger charge is 2.27. The SMILES string of the molecule is CCOc1[nH+]c(N)c(C#N)c(-c2c(Cl)cccc2Cl)c1C#N. The monoisotopic (exact) mass is 333 g/mol. The highest BCUT2D eigenvalue weighted by Crippen LogP contribution is 2.40. The first-order valence-electron chi connectivity index (χ1n) is 6.31. The Morgan fingerprint density at radius 3 is 2.23 bits per heavy atom. The van der Waals surface area contributed by atoms with Crippen molar-refractivity contribution in [1.29, 1.82) is 10.5 Å². The van der Waals surface area contributed by atoms with E-state index in [-0.39, 0.29) is 28.4 Å². The summed E-state index contributed by atoms with van der Waals surface area (Å²) in [6, 6.07) is 8.93. The molecule has 7 heteroatoms. The summed E-state index contributed by atoms with van der Waals surface area (Å²) in [5.41, 5.74) is 6.73. The number of halogens is 2. The topological polar surface area (TPSA) is 97.0 Å². The second-order valence-electron chi connectivity index (χ2n) is 4.25. The number of nitrogens with one attached hydrogen (secondary N) is 1. The van der Waals surface area contributed by atoms with Crippen LogP contribution in [0.1, 0.15) is 18.1 Å². The van der Waals surface area contributed by atoms with Crippen molar-refractivity contribution >= 4 is 29.0 Å². The van der Waals surface area contributed by atoms with Crippen molar-refractivity contribution < 1.29 is 9.72 Å². The van der Waals surface area contributed by atoms with Gasteiger partial charge in [0.2, 0.25) is 0 Å². The molecule has 5 nitrogen and oxygen atoms in total. The van der Waals surface area contributed by atoms with Gasteiger partial charge in [-0.05, 0) is 19.1 Å². The van der Waals surface area contributed by atoms with Gasteiger partial charge in [-0.25, -0.2) is 4.98 Å². The fourth-order valence-electron chi connectivity index (χ4n) is 2.08. The molecular formula is C15H11Cl2N4O+. The number of hydrogen-bond acceptors (Lipinski definition) is 4. The molecule has 0 fully saturated rings. The molecule has 0 aliphatic rings. The Labute approximate surface area is 137 Å². The van der Waals surface area contributed by atoms with E-state index in [1.54, 1.807) is 25.1 Å². The van der Waals surface area contributed by atoms with Crippen LogP contribution in [0.25, 0.3) is 11.1 Å². The smallest absolute Gasteiger partial charge is 0.301 e. The number of benzene rings is 1. The highest BCUT2D eigenvalue weighted by atomic mass is 35.5. The molecule has 0 bridgehead atoms. The van der Waals surface area contributed by atoms with Gasteiger partial charge in [0, 0.05) is 21.2 Å². The fraction of sp³-hybridized carbons (Fsp3) is 0.133. The van der Waals surface area contributed by atoms with Gasteiger partial charge in [-0.15, -0.1) is 0 Å². The molecule has 1 aromatic heterocycles. The number of ether oxygens (including phenoxy) is 1. The third kappa shape index (κ3) is 2.65. The van der Waals surface area contributed by atoms with Crippen molar-refractivity contribution in [3.05, 3.63) is 39.4 Å². The van der Waals surface area contributed by atoms with Gasteiger partial charge in [-0.1, -0.05) is 29.3 Å². The predicted octanol–water partition coefficient (Wildman–Crippen LogP) is 3.20. The van der Waals surface area contributed by atoms with Crippen molar-refractivity contribution in [2.45, 2.75) is 6.92 Å². The molecule has 0 atom stereocenters.